The van der Waals surface area contributed by atoms with Gasteiger partial charge in [0.15, 0.2) is 0 Å². The van der Waals surface area contributed by atoms with Gasteiger partial charge in [0.05, 0.1) is 16.8 Å². The van der Waals surface area contributed by atoms with Crippen LogP contribution in [-0.2, 0) is 4.74 Å². The van der Waals surface area contributed by atoms with Crippen LogP contribution in [0.25, 0.3) is 0 Å². The van der Waals surface area contributed by atoms with Gasteiger partial charge >= 0.3 is 0 Å². The van der Waals surface area contributed by atoms with Gasteiger partial charge in [-0.2, -0.15) is 0 Å². The van der Waals surface area contributed by atoms with Gasteiger partial charge in [0.2, 0.25) is 0 Å². The van der Waals surface area contributed by atoms with E-state index in [1.54, 1.807) is 7.11 Å². The molecule has 0 bridgehead atoms. The fraction of sp³-hybridized carbons (Fsp3) is 0.400. The Kier molecular flexibility index (Phi) is 4.84. The van der Waals surface area contributed by atoms with Crippen molar-refractivity contribution in [3.8, 4) is 5.75 Å². The number of hydrogen-bond acceptors (Lipinski definition) is 3. The van der Waals surface area contributed by atoms with Crippen molar-refractivity contribution in [3.05, 3.63) is 22.4 Å². The molecule has 0 saturated heterocycles. The Morgan fingerprint density at radius 3 is 2.80 bits per heavy atom. The SMILES string of the molecule is COCCCOc1cc(F)c(Br)cc1N. The Hall–Kier alpha value is -0.810. The van der Waals surface area contributed by atoms with E-state index >= 15 is 0 Å². The first-order valence-electron chi connectivity index (χ1n) is 4.51. The molecule has 0 fully saturated rings. The molecule has 0 aliphatic carbocycles. The first kappa shape index (κ1) is 12.3. The molecule has 0 aliphatic heterocycles. The number of rotatable bonds is 5. The summed E-state index contributed by atoms with van der Waals surface area (Å²) in [6.07, 6.45) is 0.744. The zero-order valence-corrected chi connectivity index (χ0v) is 10.0. The Labute approximate surface area is 96.5 Å². The van der Waals surface area contributed by atoms with E-state index in [1.165, 1.54) is 12.1 Å². The lowest BCUT2D eigenvalue weighted by atomic mass is 10.3. The molecule has 5 heteroatoms. The average Bonchev–Trinajstić information content (AvgIpc) is 2.20. The second kappa shape index (κ2) is 5.92. The number of halogens is 2. The van der Waals surface area contributed by atoms with Crippen molar-refractivity contribution in [3.63, 3.8) is 0 Å². The van der Waals surface area contributed by atoms with Crippen molar-refractivity contribution in [1.82, 2.24) is 0 Å². The van der Waals surface area contributed by atoms with E-state index in [-0.39, 0.29) is 5.82 Å². The van der Waals surface area contributed by atoms with Crippen molar-refractivity contribution in [2.45, 2.75) is 6.42 Å². The van der Waals surface area contributed by atoms with Gasteiger partial charge in [0.1, 0.15) is 11.6 Å². The van der Waals surface area contributed by atoms with Gasteiger partial charge in [-0.1, -0.05) is 0 Å². The molecule has 0 unspecified atom stereocenters. The monoisotopic (exact) mass is 277 g/mol. The highest BCUT2D eigenvalue weighted by Gasteiger charge is 2.06. The lowest BCUT2D eigenvalue weighted by Gasteiger charge is -2.09. The minimum Gasteiger partial charge on any atom is -0.491 e. The smallest absolute Gasteiger partial charge is 0.145 e. The van der Waals surface area contributed by atoms with E-state index in [9.17, 15) is 4.39 Å². The van der Waals surface area contributed by atoms with Crippen LogP contribution < -0.4 is 10.5 Å². The molecular weight excluding hydrogens is 265 g/mol. The van der Waals surface area contributed by atoms with E-state index in [2.05, 4.69) is 15.9 Å². The zero-order chi connectivity index (χ0) is 11.3. The number of nitrogen functional groups attached to an aromatic ring is 1. The highest BCUT2D eigenvalue weighted by atomic mass is 79.9. The Morgan fingerprint density at radius 2 is 2.13 bits per heavy atom. The predicted molar refractivity (Wildman–Crippen MR) is 60.5 cm³/mol. The third kappa shape index (κ3) is 3.68. The molecule has 1 aromatic rings. The minimum absolute atomic E-state index is 0.337. The number of nitrogens with two attached hydrogens (primary N) is 1. The predicted octanol–water partition coefficient (Wildman–Crippen LogP) is 2.59. The van der Waals surface area contributed by atoms with E-state index in [0.29, 0.717) is 29.1 Å². The first-order valence-corrected chi connectivity index (χ1v) is 5.30. The van der Waals surface area contributed by atoms with Crippen LogP contribution in [0.1, 0.15) is 6.42 Å². The van der Waals surface area contributed by atoms with Crippen LogP contribution in [0.2, 0.25) is 0 Å². The lowest BCUT2D eigenvalue weighted by Crippen LogP contribution is -2.03. The standard InChI is InChI=1S/C10H13BrFNO2/c1-14-3-2-4-15-10-6-8(12)7(11)5-9(10)13/h5-6H,2-4,13H2,1H3. The summed E-state index contributed by atoms with van der Waals surface area (Å²) in [7, 11) is 1.62. The molecule has 0 aliphatic rings. The number of ether oxygens (including phenoxy) is 2. The minimum atomic E-state index is -0.383. The second-order valence-electron chi connectivity index (χ2n) is 3.00. The molecule has 0 aromatic heterocycles. The summed E-state index contributed by atoms with van der Waals surface area (Å²) < 4.78 is 23.6. The normalized spacial score (nSPS) is 10.3. The third-order valence-electron chi connectivity index (χ3n) is 1.80. The Morgan fingerprint density at radius 1 is 1.40 bits per heavy atom. The molecule has 15 heavy (non-hydrogen) atoms. The van der Waals surface area contributed by atoms with Crippen molar-refractivity contribution >= 4 is 21.6 Å². The summed E-state index contributed by atoms with van der Waals surface area (Å²) in [5, 5.41) is 0. The molecular formula is C10H13BrFNO2. The summed E-state index contributed by atoms with van der Waals surface area (Å²) in [5.74, 6) is -0.0160. The maximum atomic E-state index is 13.1. The van der Waals surface area contributed by atoms with Crippen molar-refractivity contribution in [1.29, 1.82) is 0 Å². The van der Waals surface area contributed by atoms with Crippen LogP contribution in [0.4, 0.5) is 10.1 Å². The van der Waals surface area contributed by atoms with Crippen LogP contribution in [0.5, 0.6) is 5.75 Å². The van der Waals surface area contributed by atoms with E-state index < -0.39 is 0 Å². The molecule has 0 heterocycles. The van der Waals surface area contributed by atoms with E-state index in [0.717, 1.165) is 6.42 Å². The van der Waals surface area contributed by atoms with Gasteiger partial charge in [-0.25, -0.2) is 4.39 Å². The quantitative estimate of drug-likeness (QED) is 0.665. The van der Waals surface area contributed by atoms with Crippen LogP contribution in [0, 0.1) is 5.82 Å². The summed E-state index contributed by atoms with van der Waals surface area (Å²) in [5.41, 5.74) is 6.07. The Balaban J connectivity index is 2.57. The van der Waals surface area contributed by atoms with Crippen molar-refractivity contribution in [2.75, 3.05) is 26.1 Å². The van der Waals surface area contributed by atoms with Crippen LogP contribution >= 0.6 is 15.9 Å². The maximum absolute atomic E-state index is 13.1. The van der Waals surface area contributed by atoms with Crippen molar-refractivity contribution < 1.29 is 13.9 Å². The summed E-state index contributed by atoms with van der Waals surface area (Å²) in [4.78, 5) is 0. The fourth-order valence-corrected chi connectivity index (χ4v) is 1.42. The molecule has 0 spiro atoms. The van der Waals surface area contributed by atoms with Crippen LogP contribution in [0.15, 0.2) is 16.6 Å². The van der Waals surface area contributed by atoms with Gasteiger partial charge in [0.25, 0.3) is 0 Å². The fourth-order valence-electron chi connectivity index (χ4n) is 1.05. The molecule has 2 N–H and O–H groups in total. The van der Waals surface area contributed by atoms with Gasteiger partial charge in [-0.05, 0) is 22.0 Å². The molecule has 3 nitrogen and oxygen atoms in total. The number of anilines is 1. The van der Waals surface area contributed by atoms with Gasteiger partial charge in [-0.15, -0.1) is 0 Å². The van der Waals surface area contributed by atoms with Gasteiger partial charge in [-0.3, -0.25) is 0 Å². The highest BCUT2D eigenvalue weighted by Crippen LogP contribution is 2.28. The van der Waals surface area contributed by atoms with Crippen LogP contribution in [0.3, 0.4) is 0 Å². The second-order valence-corrected chi connectivity index (χ2v) is 3.85. The summed E-state index contributed by atoms with van der Waals surface area (Å²) >= 11 is 3.04. The lowest BCUT2D eigenvalue weighted by molar-refractivity contribution is 0.172. The molecule has 0 saturated carbocycles. The Bertz CT molecular complexity index is 333. The maximum Gasteiger partial charge on any atom is 0.145 e. The highest BCUT2D eigenvalue weighted by molar-refractivity contribution is 9.10. The van der Waals surface area contributed by atoms with E-state index in [1.807, 2.05) is 0 Å². The van der Waals surface area contributed by atoms with Crippen molar-refractivity contribution in [2.24, 2.45) is 0 Å². The number of benzene rings is 1. The summed E-state index contributed by atoms with van der Waals surface area (Å²) in [6, 6.07) is 2.76. The molecule has 0 radical (unpaired) electrons. The molecule has 84 valence electrons. The van der Waals surface area contributed by atoms with Crippen LogP contribution in [-0.4, -0.2) is 20.3 Å². The zero-order valence-electron chi connectivity index (χ0n) is 8.43. The molecule has 0 atom stereocenters. The molecule has 1 aromatic carbocycles. The number of hydrogen-bond donors (Lipinski definition) is 1. The topological polar surface area (TPSA) is 44.5 Å². The van der Waals surface area contributed by atoms with Gasteiger partial charge < -0.3 is 15.2 Å². The molecule has 0 amide bonds. The summed E-state index contributed by atoms with van der Waals surface area (Å²) in [6.45, 7) is 1.07. The van der Waals surface area contributed by atoms with Gasteiger partial charge in [0, 0.05) is 26.2 Å². The third-order valence-corrected chi connectivity index (χ3v) is 2.41. The average molecular weight is 278 g/mol. The first-order chi connectivity index (χ1) is 7.15. The molecule has 1 rings (SSSR count). The van der Waals surface area contributed by atoms with E-state index in [4.69, 9.17) is 15.2 Å². The largest absolute Gasteiger partial charge is 0.491 e. The number of methoxy groups -OCH3 is 1.